The summed E-state index contributed by atoms with van der Waals surface area (Å²) in [6.45, 7) is 6.90. The molecule has 162 valence electrons. The van der Waals surface area contributed by atoms with Crippen LogP contribution in [0.25, 0.3) is 0 Å². The third-order valence-electron chi connectivity index (χ3n) is 5.82. The number of aryl methyl sites for hydroxylation is 2. The number of piperidine rings is 1. The number of amides is 1. The Hall–Kier alpha value is -2.34. The summed E-state index contributed by atoms with van der Waals surface area (Å²) < 4.78 is 26.5. The van der Waals surface area contributed by atoms with Gasteiger partial charge in [-0.05, 0) is 74.8 Å². The van der Waals surface area contributed by atoms with E-state index in [2.05, 4.69) is 24.3 Å². The maximum atomic E-state index is 13.2. The van der Waals surface area contributed by atoms with Gasteiger partial charge in [0.25, 0.3) is 0 Å². The quantitative estimate of drug-likeness (QED) is 0.700. The molecule has 1 aliphatic rings. The number of hydrogen-bond acceptors (Lipinski definition) is 3. The Morgan fingerprint density at radius 3 is 2.17 bits per heavy atom. The number of likely N-dealkylation sites (tertiary alicyclic amines) is 1. The number of sulfonamides is 1. The molecule has 0 N–H and O–H groups in total. The molecule has 1 aliphatic heterocycles. The van der Waals surface area contributed by atoms with E-state index in [-0.39, 0.29) is 5.91 Å². The van der Waals surface area contributed by atoms with E-state index < -0.39 is 16.1 Å². The van der Waals surface area contributed by atoms with E-state index in [0.29, 0.717) is 24.7 Å². The monoisotopic (exact) mass is 428 g/mol. The second kappa shape index (κ2) is 9.21. The molecule has 2 aromatic rings. The van der Waals surface area contributed by atoms with Gasteiger partial charge >= 0.3 is 0 Å². The molecule has 1 heterocycles. The van der Waals surface area contributed by atoms with Crippen molar-refractivity contribution in [1.29, 1.82) is 0 Å². The first-order valence-corrected chi connectivity index (χ1v) is 12.4. The fourth-order valence-electron chi connectivity index (χ4n) is 4.45. The molecule has 1 amide bonds. The zero-order valence-electron chi connectivity index (χ0n) is 18.3. The van der Waals surface area contributed by atoms with Gasteiger partial charge in [0.15, 0.2) is 0 Å². The molecular formula is C24H32N2O3S. The fourth-order valence-corrected chi connectivity index (χ4v) is 5.60. The molecule has 0 bridgehead atoms. The van der Waals surface area contributed by atoms with Gasteiger partial charge in [-0.25, -0.2) is 8.42 Å². The number of rotatable bonds is 6. The molecule has 2 aromatic carbocycles. The van der Waals surface area contributed by atoms with E-state index in [1.54, 1.807) is 6.92 Å². The molecule has 0 spiro atoms. The van der Waals surface area contributed by atoms with Crippen molar-refractivity contribution in [2.75, 3.05) is 23.7 Å². The van der Waals surface area contributed by atoms with Crippen LogP contribution in [0.15, 0.2) is 48.5 Å². The predicted molar refractivity (Wildman–Crippen MR) is 122 cm³/mol. The van der Waals surface area contributed by atoms with Crippen molar-refractivity contribution < 1.29 is 13.2 Å². The number of hydrogen-bond donors (Lipinski definition) is 0. The molecular weight excluding hydrogens is 396 g/mol. The van der Waals surface area contributed by atoms with Crippen LogP contribution < -0.4 is 4.31 Å². The third-order valence-corrected chi connectivity index (χ3v) is 7.06. The van der Waals surface area contributed by atoms with Crippen LogP contribution in [0, 0.1) is 19.8 Å². The third kappa shape index (κ3) is 5.42. The summed E-state index contributed by atoms with van der Waals surface area (Å²) in [5.41, 5.74) is 3.82. The highest BCUT2D eigenvalue weighted by molar-refractivity contribution is 7.92. The normalized spacial score (nSPS) is 16.3. The zero-order valence-corrected chi connectivity index (χ0v) is 19.2. The van der Waals surface area contributed by atoms with Crippen LogP contribution in [-0.2, 0) is 21.2 Å². The van der Waals surface area contributed by atoms with Crippen LogP contribution in [0.2, 0.25) is 0 Å². The Kier molecular flexibility index (Phi) is 6.86. The molecule has 3 rings (SSSR count). The minimum atomic E-state index is -3.60. The van der Waals surface area contributed by atoms with Gasteiger partial charge < -0.3 is 4.90 Å². The summed E-state index contributed by atoms with van der Waals surface area (Å²) in [5.74, 6) is 0.426. The molecule has 0 radical (unpaired) electrons. The van der Waals surface area contributed by atoms with E-state index in [1.165, 1.54) is 16.1 Å². The van der Waals surface area contributed by atoms with Crippen molar-refractivity contribution in [1.82, 2.24) is 4.90 Å². The lowest BCUT2D eigenvalue weighted by molar-refractivity contribution is -0.133. The second-order valence-corrected chi connectivity index (χ2v) is 10.4. The Balaban J connectivity index is 1.70. The van der Waals surface area contributed by atoms with Crippen LogP contribution in [-0.4, -0.2) is 44.6 Å². The van der Waals surface area contributed by atoms with Gasteiger partial charge in [0.05, 0.1) is 11.9 Å². The molecule has 0 saturated carbocycles. The highest BCUT2D eigenvalue weighted by Crippen LogP contribution is 2.27. The van der Waals surface area contributed by atoms with E-state index in [1.807, 2.05) is 43.0 Å². The Labute approximate surface area is 180 Å². The minimum Gasteiger partial charge on any atom is -0.341 e. The van der Waals surface area contributed by atoms with E-state index in [9.17, 15) is 13.2 Å². The number of nitrogens with zero attached hydrogens (tertiary/aromatic N) is 2. The highest BCUT2D eigenvalue weighted by atomic mass is 32.2. The van der Waals surface area contributed by atoms with Crippen molar-refractivity contribution in [3.05, 3.63) is 65.2 Å². The van der Waals surface area contributed by atoms with E-state index >= 15 is 0 Å². The second-order valence-electron chi connectivity index (χ2n) is 8.54. The lowest BCUT2D eigenvalue weighted by Crippen LogP contribution is -2.51. The van der Waals surface area contributed by atoms with Crippen molar-refractivity contribution >= 4 is 21.6 Å². The zero-order chi connectivity index (χ0) is 21.9. The summed E-state index contributed by atoms with van der Waals surface area (Å²) in [6.07, 6.45) is 4.07. The maximum absolute atomic E-state index is 13.2. The molecule has 5 nitrogen and oxygen atoms in total. The van der Waals surface area contributed by atoms with Gasteiger partial charge in [-0.1, -0.05) is 36.4 Å². The van der Waals surface area contributed by atoms with Gasteiger partial charge in [-0.15, -0.1) is 0 Å². The van der Waals surface area contributed by atoms with Gasteiger partial charge in [0, 0.05) is 13.1 Å². The average molecular weight is 429 g/mol. The van der Waals surface area contributed by atoms with Gasteiger partial charge in [0.1, 0.15) is 6.04 Å². The number of carbonyl (C=O) groups is 1. The molecule has 30 heavy (non-hydrogen) atoms. The molecule has 0 aromatic heterocycles. The summed E-state index contributed by atoms with van der Waals surface area (Å²) in [7, 11) is -3.60. The van der Waals surface area contributed by atoms with Crippen molar-refractivity contribution in [2.24, 2.45) is 5.92 Å². The summed E-state index contributed by atoms with van der Waals surface area (Å²) >= 11 is 0. The average Bonchev–Trinajstić information content (AvgIpc) is 2.67. The van der Waals surface area contributed by atoms with Crippen LogP contribution in [0.3, 0.4) is 0 Å². The first-order valence-electron chi connectivity index (χ1n) is 10.6. The minimum absolute atomic E-state index is 0.127. The van der Waals surface area contributed by atoms with Crippen LogP contribution in [0.1, 0.15) is 36.5 Å². The lowest BCUT2D eigenvalue weighted by Gasteiger charge is -2.36. The first-order chi connectivity index (χ1) is 14.1. The smallest absolute Gasteiger partial charge is 0.246 e. The predicted octanol–water partition coefficient (Wildman–Crippen LogP) is 3.94. The van der Waals surface area contributed by atoms with Gasteiger partial charge in [0.2, 0.25) is 15.9 Å². The largest absolute Gasteiger partial charge is 0.341 e. The summed E-state index contributed by atoms with van der Waals surface area (Å²) in [5, 5.41) is 0. The molecule has 1 saturated heterocycles. The van der Waals surface area contributed by atoms with Crippen molar-refractivity contribution in [3.63, 3.8) is 0 Å². The van der Waals surface area contributed by atoms with Crippen molar-refractivity contribution in [2.45, 2.75) is 46.1 Å². The standard InChI is InChI=1S/C24H32N2O3S/c1-18-14-19(2)16-23(15-18)26(30(4,28)29)20(3)24(27)25-12-10-22(11-13-25)17-21-8-6-5-7-9-21/h5-9,14-16,20,22H,10-13,17H2,1-4H3/t20-/m1/s1. The maximum Gasteiger partial charge on any atom is 0.246 e. The fraction of sp³-hybridized carbons (Fsp3) is 0.458. The van der Waals surface area contributed by atoms with Crippen LogP contribution in [0.4, 0.5) is 5.69 Å². The molecule has 0 aliphatic carbocycles. The summed E-state index contributed by atoms with van der Waals surface area (Å²) in [4.78, 5) is 15.0. The molecule has 1 atom stereocenters. The van der Waals surface area contributed by atoms with E-state index in [4.69, 9.17) is 0 Å². The molecule has 6 heteroatoms. The molecule has 1 fully saturated rings. The Morgan fingerprint density at radius 1 is 1.07 bits per heavy atom. The SMILES string of the molecule is Cc1cc(C)cc(N([C@H](C)C(=O)N2CCC(Cc3ccccc3)CC2)S(C)(=O)=O)c1. The number of carbonyl (C=O) groups excluding carboxylic acids is 1. The highest BCUT2D eigenvalue weighted by Gasteiger charge is 2.33. The van der Waals surface area contributed by atoms with E-state index in [0.717, 1.165) is 30.4 Å². The van der Waals surface area contributed by atoms with Gasteiger partial charge in [-0.2, -0.15) is 0 Å². The number of anilines is 1. The van der Waals surface area contributed by atoms with Gasteiger partial charge in [-0.3, -0.25) is 9.10 Å². The van der Waals surface area contributed by atoms with Crippen molar-refractivity contribution in [3.8, 4) is 0 Å². The lowest BCUT2D eigenvalue weighted by atomic mass is 9.90. The van der Waals surface area contributed by atoms with Crippen LogP contribution in [0.5, 0.6) is 0 Å². The Bertz CT molecular complexity index is 961. The summed E-state index contributed by atoms with van der Waals surface area (Å²) in [6, 6.07) is 15.3. The number of benzene rings is 2. The molecule has 0 unspecified atom stereocenters. The Morgan fingerprint density at radius 2 is 1.63 bits per heavy atom. The topological polar surface area (TPSA) is 57.7 Å². The van der Waals surface area contributed by atoms with Crippen LogP contribution >= 0.6 is 0 Å². The first kappa shape index (κ1) is 22.3.